The molecule has 0 spiro atoms. The van der Waals surface area contributed by atoms with Crippen molar-refractivity contribution in [1.82, 2.24) is 20.4 Å². The number of rotatable bonds is 12. The zero-order valence-electron chi connectivity index (χ0n) is 23.9. The summed E-state index contributed by atoms with van der Waals surface area (Å²) in [5.41, 5.74) is 3.43. The summed E-state index contributed by atoms with van der Waals surface area (Å²) in [6, 6.07) is 20.1. The van der Waals surface area contributed by atoms with Gasteiger partial charge in [-0.1, -0.05) is 42.5 Å². The summed E-state index contributed by atoms with van der Waals surface area (Å²) in [5, 5.41) is 22.7. The fraction of sp³-hybridized carbons (Fsp3) is 0.355. The fourth-order valence-electron chi connectivity index (χ4n) is 5.35. The molecule has 1 saturated heterocycles. The number of sulfonamides is 1. The largest absolute Gasteiger partial charge is 0.497 e. The normalized spacial score (nSPS) is 15.9. The minimum Gasteiger partial charge on any atom is -0.497 e. The van der Waals surface area contributed by atoms with E-state index in [2.05, 4.69) is 15.7 Å². The molecule has 222 valence electrons. The first-order chi connectivity index (χ1) is 20.3. The number of nitrogens with zero attached hydrogens (tertiary/aromatic N) is 3. The molecule has 0 unspecified atom stereocenters. The number of ether oxygens (including phenoxy) is 1. The topological polar surface area (TPSA) is 126 Å². The van der Waals surface area contributed by atoms with E-state index in [-0.39, 0.29) is 12.3 Å². The highest BCUT2D eigenvalue weighted by Gasteiger charge is 2.31. The fourth-order valence-corrected chi connectivity index (χ4v) is 6.92. The maximum Gasteiger partial charge on any atom is 0.251 e. The number of hydrogen-bond acceptors (Lipinski definition) is 7. The van der Waals surface area contributed by atoms with Gasteiger partial charge in [0.1, 0.15) is 5.75 Å². The number of hydrogen-bond donors (Lipinski definition) is 3. The van der Waals surface area contributed by atoms with Gasteiger partial charge in [0.05, 0.1) is 42.4 Å². The highest BCUT2D eigenvalue weighted by molar-refractivity contribution is 7.93. The molecule has 1 aromatic heterocycles. The first kappa shape index (κ1) is 29.6. The molecule has 1 fully saturated rings. The van der Waals surface area contributed by atoms with Gasteiger partial charge in [-0.05, 0) is 55.2 Å². The predicted octanol–water partition coefficient (Wildman–Crippen LogP) is 3.10. The summed E-state index contributed by atoms with van der Waals surface area (Å²) in [7, 11) is -1.86. The summed E-state index contributed by atoms with van der Waals surface area (Å²) in [6.07, 6.45) is 1.69. The van der Waals surface area contributed by atoms with Crippen LogP contribution >= 0.6 is 0 Å². The second kappa shape index (κ2) is 12.9. The first-order valence-corrected chi connectivity index (χ1v) is 15.8. The zero-order chi connectivity index (χ0) is 29.7. The SMILES string of the molecule is CCn1ncc2c(N3CCCS3(=O)=O)cc(C(=O)N[C@@H](Cc3ccccc3)[C@H](O)CNCc3cccc(OC)c3)cc21. The van der Waals surface area contributed by atoms with Gasteiger partial charge in [-0.2, -0.15) is 5.10 Å². The van der Waals surface area contributed by atoms with Crippen LogP contribution in [0.15, 0.2) is 72.9 Å². The summed E-state index contributed by atoms with van der Waals surface area (Å²) in [4.78, 5) is 13.8. The van der Waals surface area contributed by atoms with E-state index in [1.54, 1.807) is 30.1 Å². The van der Waals surface area contributed by atoms with Crippen LogP contribution in [0.25, 0.3) is 10.9 Å². The summed E-state index contributed by atoms with van der Waals surface area (Å²) < 4.78 is 34.1. The molecule has 5 rings (SSSR count). The lowest BCUT2D eigenvalue weighted by Crippen LogP contribution is -2.48. The molecule has 3 aromatic carbocycles. The van der Waals surface area contributed by atoms with Crippen LogP contribution in [0.5, 0.6) is 5.75 Å². The van der Waals surface area contributed by atoms with Crippen LogP contribution in [-0.4, -0.2) is 67.3 Å². The molecule has 10 nitrogen and oxygen atoms in total. The molecule has 0 aliphatic carbocycles. The lowest BCUT2D eigenvalue weighted by atomic mass is 10.00. The second-order valence-electron chi connectivity index (χ2n) is 10.4. The number of anilines is 1. The maximum atomic E-state index is 13.8. The van der Waals surface area contributed by atoms with E-state index in [1.165, 1.54) is 4.31 Å². The summed E-state index contributed by atoms with van der Waals surface area (Å²) in [5.74, 6) is 0.430. The second-order valence-corrected chi connectivity index (χ2v) is 12.5. The predicted molar refractivity (Wildman–Crippen MR) is 163 cm³/mol. The van der Waals surface area contributed by atoms with Crippen molar-refractivity contribution in [3.05, 3.63) is 89.6 Å². The summed E-state index contributed by atoms with van der Waals surface area (Å²) >= 11 is 0. The highest BCUT2D eigenvalue weighted by atomic mass is 32.2. The van der Waals surface area contributed by atoms with Crippen molar-refractivity contribution in [2.45, 2.75) is 45.0 Å². The Balaban J connectivity index is 1.39. The van der Waals surface area contributed by atoms with Crippen molar-refractivity contribution in [1.29, 1.82) is 0 Å². The average molecular weight is 592 g/mol. The number of carbonyl (C=O) groups excluding carboxylic acids is 1. The van der Waals surface area contributed by atoms with E-state index in [0.29, 0.717) is 54.6 Å². The van der Waals surface area contributed by atoms with Crippen LogP contribution in [0.4, 0.5) is 5.69 Å². The van der Waals surface area contributed by atoms with Gasteiger partial charge in [0.15, 0.2) is 0 Å². The third kappa shape index (κ3) is 6.59. The molecule has 0 saturated carbocycles. The van der Waals surface area contributed by atoms with Crippen molar-refractivity contribution in [2.75, 3.05) is 30.3 Å². The van der Waals surface area contributed by atoms with E-state index in [9.17, 15) is 18.3 Å². The van der Waals surface area contributed by atoms with Gasteiger partial charge in [-0.25, -0.2) is 8.42 Å². The minimum absolute atomic E-state index is 0.0704. The highest BCUT2D eigenvalue weighted by Crippen LogP contribution is 2.33. The number of methoxy groups -OCH3 is 1. The van der Waals surface area contributed by atoms with Crippen LogP contribution in [0.3, 0.4) is 0 Å². The Labute approximate surface area is 246 Å². The van der Waals surface area contributed by atoms with E-state index in [0.717, 1.165) is 16.9 Å². The minimum atomic E-state index is -3.48. The number of nitrogens with one attached hydrogen (secondary N) is 2. The van der Waals surface area contributed by atoms with E-state index < -0.39 is 28.1 Å². The lowest BCUT2D eigenvalue weighted by molar-refractivity contribution is 0.0830. The first-order valence-electron chi connectivity index (χ1n) is 14.2. The smallest absolute Gasteiger partial charge is 0.251 e. The molecule has 0 radical (unpaired) electrons. The van der Waals surface area contributed by atoms with Crippen LogP contribution < -0.4 is 19.7 Å². The number of carbonyl (C=O) groups is 1. The Morgan fingerprint density at radius 3 is 2.60 bits per heavy atom. The van der Waals surface area contributed by atoms with Crippen LogP contribution in [0, 0.1) is 0 Å². The van der Waals surface area contributed by atoms with E-state index in [4.69, 9.17) is 4.74 Å². The van der Waals surface area contributed by atoms with E-state index in [1.807, 2.05) is 61.5 Å². The van der Waals surface area contributed by atoms with Crippen molar-refractivity contribution < 1.29 is 23.1 Å². The molecule has 3 N–H and O–H groups in total. The summed E-state index contributed by atoms with van der Waals surface area (Å²) in [6.45, 7) is 3.62. The van der Waals surface area contributed by atoms with Crippen molar-refractivity contribution in [2.24, 2.45) is 0 Å². The van der Waals surface area contributed by atoms with Gasteiger partial charge in [0.2, 0.25) is 10.0 Å². The molecule has 1 amide bonds. The molecule has 1 aliphatic heterocycles. The molecule has 11 heteroatoms. The number of benzene rings is 3. The van der Waals surface area contributed by atoms with Gasteiger partial charge in [-0.3, -0.25) is 13.8 Å². The third-order valence-electron chi connectivity index (χ3n) is 7.57. The Morgan fingerprint density at radius 1 is 1.10 bits per heavy atom. The standard InChI is InChI=1S/C31H37N5O5S/c1-3-35-28-17-24(18-29(26(28)20-33-35)36-13-8-14-42(36,39)40)31(38)34-27(16-22-9-5-4-6-10-22)30(37)21-32-19-23-11-7-12-25(15-23)41-2/h4-7,9-12,15,17-18,20,27,30,32,37H,3,8,13-14,16,19,21H2,1-2H3,(H,34,38)/t27-,30+/m0/s1. The van der Waals surface area contributed by atoms with Crippen LogP contribution in [-0.2, 0) is 29.5 Å². The number of aryl methyl sites for hydroxylation is 1. The number of aromatic nitrogens is 2. The van der Waals surface area contributed by atoms with Gasteiger partial charge in [-0.15, -0.1) is 0 Å². The molecule has 2 atom stereocenters. The number of amides is 1. The van der Waals surface area contributed by atoms with Crippen molar-refractivity contribution >= 4 is 32.5 Å². The molecule has 1 aliphatic rings. The number of fused-ring (bicyclic) bond motifs is 1. The lowest BCUT2D eigenvalue weighted by Gasteiger charge is -2.25. The third-order valence-corrected chi connectivity index (χ3v) is 9.42. The Kier molecular flexibility index (Phi) is 9.10. The van der Waals surface area contributed by atoms with Crippen molar-refractivity contribution in [3.8, 4) is 5.75 Å². The Morgan fingerprint density at radius 2 is 1.88 bits per heavy atom. The number of aliphatic hydroxyl groups is 1. The molecule has 4 aromatic rings. The molecule has 42 heavy (non-hydrogen) atoms. The Bertz CT molecular complexity index is 1640. The average Bonchev–Trinajstić information content (AvgIpc) is 3.58. The van der Waals surface area contributed by atoms with Gasteiger partial charge >= 0.3 is 0 Å². The molecule has 2 heterocycles. The monoisotopic (exact) mass is 591 g/mol. The van der Waals surface area contributed by atoms with Gasteiger partial charge < -0.3 is 20.5 Å². The zero-order valence-corrected chi connectivity index (χ0v) is 24.7. The van der Waals surface area contributed by atoms with Crippen LogP contribution in [0.1, 0.15) is 34.8 Å². The quantitative estimate of drug-likeness (QED) is 0.231. The maximum absolute atomic E-state index is 13.8. The number of aliphatic hydroxyl groups excluding tert-OH is 1. The molecular weight excluding hydrogens is 554 g/mol. The Hall–Kier alpha value is -3.93. The van der Waals surface area contributed by atoms with Crippen LogP contribution in [0.2, 0.25) is 0 Å². The van der Waals surface area contributed by atoms with Crippen molar-refractivity contribution in [3.63, 3.8) is 0 Å². The molecule has 0 bridgehead atoms. The van der Waals surface area contributed by atoms with E-state index >= 15 is 0 Å². The van der Waals surface area contributed by atoms with Gasteiger partial charge in [0, 0.05) is 37.1 Å². The molecular formula is C31H37N5O5S. The van der Waals surface area contributed by atoms with Gasteiger partial charge in [0.25, 0.3) is 5.91 Å².